The van der Waals surface area contributed by atoms with E-state index in [2.05, 4.69) is 150 Å². The molecule has 1 heterocycles. The van der Waals surface area contributed by atoms with Gasteiger partial charge >= 0.3 is 0 Å². The lowest BCUT2D eigenvalue weighted by atomic mass is 9.59. The summed E-state index contributed by atoms with van der Waals surface area (Å²) in [5, 5.41) is 7.02. The van der Waals surface area contributed by atoms with Crippen molar-refractivity contribution in [1.29, 1.82) is 0 Å². The standard InChI is InChI=1S/C49H27B5N2/c50-44-43(45(51)47(53)48(54)46(44)52)31-19-17-29(18-20-31)41-35-11-3-5-13-37(35)42(38-14-6-4-12-36(38)41)30-21-23-32(24-22-30)49-55-39-15-7-8-16-40(39)56(49)34-26-25-28-9-1-2-10-33(28)27-34/h1-27H. The maximum Gasteiger partial charge on any atom is 0.145 e. The number of rotatable bonds is 5. The van der Waals surface area contributed by atoms with Crippen LogP contribution in [0.1, 0.15) is 0 Å². The Labute approximate surface area is 332 Å². The minimum absolute atomic E-state index is 0.203. The van der Waals surface area contributed by atoms with E-state index in [0.717, 1.165) is 71.9 Å². The number of imidazole rings is 1. The molecule has 10 radical (unpaired) electrons. The van der Waals surface area contributed by atoms with Gasteiger partial charge in [0.05, 0.1) is 11.0 Å². The zero-order valence-corrected chi connectivity index (χ0v) is 30.4. The van der Waals surface area contributed by atoms with Gasteiger partial charge in [-0.3, -0.25) is 4.57 Å². The van der Waals surface area contributed by atoms with Crippen molar-refractivity contribution in [2.24, 2.45) is 0 Å². The Bertz CT molecular complexity index is 3100. The number of nitrogens with zero attached hydrogens (tertiary/aromatic N) is 2. The molecule has 0 spiro atoms. The second-order valence-corrected chi connectivity index (χ2v) is 14.2. The van der Waals surface area contributed by atoms with Gasteiger partial charge in [-0.2, -0.15) is 0 Å². The third kappa shape index (κ3) is 5.37. The van der Waals surface area contributed by atoms with Gasteiger partial charge in [-0.25, -0.2) is 4.98 Å². The average Bonchev–Trinajstić information content (AvgIpc) is 3.64. The highest BCUT2D eigenvalue weighted by atomic mass is 15.1. The highest BCUT2D eigenvalue weighted by Crippen LogP contribution is 2.44. The van der Waals surface area contributed by atoms with Crippen molar-refractivity contribution in [3.63, 3.8) is 0 Å². The van der Waals surface area contributed by atoms with E-state index in [1.807, 2.05) is 18.2 Å². The second kappa shape index (κ2) is 13.4. The van der Waals surface area contributed by atoms with Gasteiger partial charge in [-0.15, -0.1) is 16.4 Å². The summed E-state index contributed by atoms with van der Waals surface area (Å²) in [5.41, 5.74) is 11.3. The summed E-state index contributed by atoms with van der Waals surface area (Å²) in [4.78, 5) is 5.17. The van der Waals surface area contributed by atoms with Crippen molar-refractivity contribution in [1.82, 2.24) is 9.55 Å². The van der Waals surface area contributed by atoms with Gasteiger partial charge in [0.15, 0.2) is 0 Å². The predicted octanol–water partition coefficient (Wildman–Crippen LogP) is 7.12. The van der Waals surface area contributed by atoms with Crippen LogP contribution in [0.25, 0.3) is 93.8 Å². The maximum absolute atomic E-state index is 6.42. The number of benzene rings is 9. The van der Waals surface area contributed by atoms with Crippen molar-refractivity contribution in [3.8, 4) is 50.5 Å². The number of para-hydroxylation sites is 2. The number of hydrogen-bond acceptors (Lipinski definition) is 1. The third-order valence-corrected chi connectivity index (χ3v) is 11.1. The molecule has 0 atom stereocenters. The number of fused-ring (bicyclic) bond motifs is 4. The first-order chi connectivity index (χ1) is 27.4. The third-order valence-electron chi connectivity index (χ3n) is 11.1. The molecule has 1 aromatic heterocycles. The molecule has 0 saturated carbocycles. The van der Waals surface area contributed by atoms with Crippen LogP contribution in [0.4, 0.5) is 0 Å². The second-order valence-electron chi connectivity index (χ2n) is 14.2. The van der Waals surface area contributed by atoms with Crippen LogP contribution < -0.4 is 27.3 Å². The smallest absolute Gasteiger partial charge is 0.145 e. The molecule has 0 amide bonds. The van der Waals surface area contributed by atoms with E-state index in [4.69, 9.17) is 44.2 Å². The Morgan fingerprint density at radius 2 is 0.786 bits per heavy atom. The molecular weight excluding hydrogens is 671 g/mol. The highest BCUT2D eigenvalue weighted by Gasteiger charge is 2.19. The number of aromatic nitrogens is 2. The number of hydrogen-bond donors (Lipinski definition) is 0. The molecular formula is C49H27B5N2. The fourth-order valence-corrected chi connectivity index (χ4v) is 8.30. The fraction of sp³-hybridized carbons (Fsp3) is 0. The topological polar surface area (TPSA) is 17.8 Å². The minimum atomic E-state index is 0.203. The molecule has 9 aromatic carbocycles. The zero-order valence-electron chi connectivity index (χ0n) is 30.4. The SMILES string of the molecule is [B]c1c([B])c([B])c(-c2ccc(-c3c4ccccc4c(-c4ccc(-c5nc6ccccc6n5-c5ccc6ccccc6c5)cc4)c4ccccc34)cc2)c([B])c1[B]. The molecule has 0 aliphatic carbocycles. The molecule has 0 unspecified atom stereocenters. The van der Waals surface area contributed by atoms with Crippen molar-refractivity contribution in [3.05, 3.63) is 164 Å². The molecule has 0 aliphatic rings. The Morgan fingerprint density at radius 3 is 1.34 bits per heavy atom. The summed E-state index contributed by atoms with van der Waals surface area (Å²) >= 11 is 0. The Morgan fingerprint density at radius 1 is 0.357 bits per heavy atom. The molecule has 56 heavy (non-hydrogen) atoms. The van der Waals surface area contributed by atoms with E-state index in [0.29, 0.717) is 16.5 Å². The molecule has 0 bridgehead atoms. The molecule has 7 heteroatoms. The first-order valence-electron chi connectivity index (χ1n) is 18.5. The molecule has 10 rings (SSSR count). The summed E-state index contributed by atoms with van der Waals surface area (Å²) in [6, 6.07) is 57.6. The molecule has 0 saturated heterocycles. The average molecular weight is 698 g/mol. The fourth-order valence-electron chi connectivity index (χ4n) is 8.30. The van der Waals surface area contributed by atoms with Crippen LogP contribution >= 0.6 is 0 Å². The van der Waals surface area contributed by atoms with Crippen molar-refractivity contribution in [2.75, 3.05) is 0 Å². The van der Waals surface area contributed by atoms with Gasteiger partial charge in [0.1, 0.15) is 45.1 Å². The Kier molecular flexibility index (Phi) is 8.15. The lowest BCUT2D eigenvalue weighted by Crippen LogP contribution is -2.55. The molecule has 0 fully saturated rings. The highest BCUT2D eigenvalue weighted by molar-refractivity contribution is 6.68. The van der Waals surface area contributed by atoms with Gasteiger partial charge in [0.25, 0.3) is 0 Å². The molecule has 2 nitrogen and oxygen atoms in total. The predicted molar refractivity (Wildman–Crippen MR) is 242 cm³/mol. The van der Waals surface area contributed by atoms with E-state index >= 15 is 0 Å². The van der Waals surface area contributed by atoms with Crippen molar-refractivity contribution in [2.45, 2.75) is 0 Å². The van der Waals surface area contributed by atoms with E-state index in [-0.39, 0.29) is 16.4 Å². The van der Waals surface area contributed by atoms with Gasteiger partial charge < -0.3 is 0 Å². The summed E-state index contributed by atoms with van der Waals surface area (Å²) < 4.78 is 2.27. The first-order valence-corrected chi connectivity index (χ1v) is 18.5. The van der Waals surface area contributed by atoms with Crippen molar-refractivity contribution < 1.29 is 0 Å². The monoisotopic (exact) mass is 698 g/mol. The van der Waals surface area contributed by atoms with Crippen LogP contribution in [0.5, 0.6) is 0 Å². The van der Waals surface area contributed by atoms with Crippen molar-refractivity contribution >= 4 is 110 Å². The lowest BCUT2D eigenvalue weighted by molar-refractivity contribution is 1.11. The van der Waals surface area contributed by atoms with Gasteiger partial charge in [-0.05, 0) is 90.0 Å². The molecule has 10 aromatic rings. The normalized spacial score (nSPS) is 11.6. The van der Waals surface area contributed by atoms with Crippen LogP contribution in [0, 0.1) is 0 Å². The minimum Gasteiger partial charge on any atom is -0.292 e. The summed E-state index contributed by atoms with van der Waals surface area (Å²) in [7, 11) is 31.3. The Hall–Kier alpha value is -6.45. The quantitative estimate of drug-likeness (QED) is 0.138. The summed E-state index contributed by atoms with van der Waals surface area (Å²) in [6.45, 7) is 0. The largest absolute Gasteiger partial charge is 0.292 e. The van der Waals surface area contributed by atoms with Gasteiger partial charge in [-0.1, -0.05) is 150 Å². The van der Waals surface area contributed by atoms with Crippen LogP contribution in [-0.4, -0.2) is 48.8 Å². The molecule has 248 valence electrons. The van der Waals surface area contributed by atoms with E-state index in [1.165, 1.54) is 16.3 Å². The van der Waals surface area contributed by atoms with Crippen LogP contribution in [0.15, 0.2) is 164 Å². The van der Waals surface area contributed by atoms with Gasteiger partial charge in [0.2, 0.25) is 0 Å². The van der Waals surface area contributed by atoms with E-state index in [9.17, 15) is 0 Å². The lowest BCUT2D eigenvalue weighted by Gasteiger charge is -2.22. The van der Waals surface area contributed by atoms with E-state index in [1.54, 1.807) is 0 Å². The summed E-state index contributed by atoms with van der Waals surface area (Å²) in [6.07, 6.45) is 0. The Balaban J connectivity index is 1.11. The first kappa shape index (κ1) is 34.1. The molecule has 0 N–H and O–H groups in total. The zero-order chi connectivity index (χ0) is 38.1. The van der Waals surface area contributed by atoms with Crippen LogP contribution in [-0.2, 0) is 0 Å². The van der Waals surface area contributed by atoms with Gasteiger partial charge in [0, 0.05) is 11.3 Å². The summed E-state index contributed by atoms with van der Waals surface area (Å²) in [5.74, 6) is 0.898. The van der Waals surface area contributed by atoms with Crippen LogP contribution in [0.2, 0.25) is 0 Å². The van der Waals surface area contributed by atoms with Crippen LogP contribution in [0.3, 0.4) is 0 Å². The van der Waals surface area contributed by atoms with E-state index < -0.39 is 0 Å². The molecule has 0 aliphatic heterocycles. The maximum atomic E-state index is 6.42.